The van der Waals surface area contributed by atoms with Crippen molar-refractivity contribution in [1.29, 1.82) is 5.39 Å². The SMILES string of the molecule is COc1ccc([N+]#N)cc1.O=P(O)(O)F.O=P(O)(O)F.O=P(O)(O)F.O=P(O)(O)F.O=P(O)(O)F.O=P([O-])(O)F. The zero-order valence-corrected chi connectivity index (χ0v) is 23.7. The Morgan fingerprint density at radius 2 is 0.750 bits per heavy atom. The van der Waals surface area contributed by atoms with Crippen molar-refractivity contribution in [3.8, 4) is 5.75 Å². The minimum atomic E-state index is -5.39. The molecule has 33 heteroatoms. The summed E-state index contributed by atoms with van der Waals surface area (Å²) in [5, 5.41) is 8.29. The Bertz CT molecular complexity index is 909. The highest BCUT2D eigenvalue weighted by Gasteiger charge is 2.06. The molecule has 0 bridgehead atoms. The molecule has 0 aromatic heterocycles. The first-order valence-corrected chi connectivity index (χ1v) is 16.3. The smallest absolute Gasteiger partial charge is 0.507 e. The summed E-state index contributed by atoms with van der Waals surface area (Å²) in [7, 11) is -29.5. The Hall–Kier alpha value is -1.08. The van der Waals surface area contributed by atoms with Gasteiger partial charge in [-0.2, -0.15) is 4.20 Å². The molecular weight excluding hydrogens is 716 g/mol. The third kappa shape index (κ3) is 285. The van der Waals surface area contributed by atoms with E-state index in [1.165, 1.54) is 0 Å². The van der Waals surface area contributed by atoms with Crippen LogP contribution in [0.1, 0.15) is 0 Å². The van der Waals surface area contributed by atoms with Gasteiger partial charge in [0, 0.05) is 12.1 Å². The Morgan fingerprint density at radius 1 is 0.600 bits per heavy atom. The summed E-state index contributed by atoms with van der Waals surface area (Å²) in [5.41, 5.74) is 0.529. The second kappa shape index (κ2) is 23.5. The van der Waals surface area contributed by atoms with Gasteiger partial charge >= 0.3 is 53.1 Å². The quantitative estimate of drug-likeness (QED) is 0.111. The van der Waals surface area contributed by atoms with Crippen LogP contribution in [0.2, 0.25) is 0 Å². The van der Waals surface area contributed by atoms with E-state index in [-0.39, 0.29) is 0 Å². The number of rotatable bonds is 1. The van der Waals surface area contributed by atoms with Crippen molar-refractivity contribution in [3.05, 3.63) is 29.2 Å². The first-order valence-electron chi connectivity index (χ1n) is 7.35. The summed E-state index contributed by atoms with van der Waals surface area (Å²) in [4.78, 5) is 88.0. The van der Waals surface area contributed by atoms with Crippen molar-refractivity contribution in [3.63, 3.8) is 0 Å². The number of nitrogens with zero attached hydrogens (tertiary/aromatic N) is 2. The number of hydrogen-bond acceptors (Lipinski definition) is 9. The van der Waals surface area contributed by atoms with E-state index in [0.717, 1.165) is 5.75 Å². The third-order valence-electron chi connectivity index (χ3n) is 1.19. The lowest BCUT2D eigenvalue weighted by Crippen LogP contribution is -1.89. The molecule has 0 radical (unpaired) electrons. The second-order valence-electron chi connectivity index (χ2n) is 4.61. The monoisotopic (exact) mass is 734 g/mol. The van der Waals surface area contributed by atoms with Crippen molar-refractivity contribution in [2.24, 2.45) is 0 Å². The zero-order valence-electron chi connectivity index (χ0n) is 18.3. The van der Waals surface area contributed by atoms with E-state index in [1.807, 2.05) is 0 Å². The van der Waals surface area contributed by atoms with Crippen LogP contribution in [0.15, 0.2) is 24.3 Å². The van der Waals surface area contributed by atoms with Gasteiger partial charge in [0.15, 0.2) is 4.98 Å². The van der Waals surface area contributed by atoms with E-state index in [9.17, 15) is 25.2 Å². The zero-order chi connectivity index (χ0) is 34.4. The van der Waals surface area contributed by atoms with Crippen LogP contribution in [0, 0.1) is 5.39 Å². The minimum absolute atomic E-state index is 0.529. The molecule has 242 valence electrons. The lowest BCUT2D eigenvalue weighted by atomic mass is 10.3. The largest absolute Gasteiger partial charge is 0.753 e. The van der Waals surface area contributed by atoms with Gasteiger partial charge in [0.25, 0.3) is 0 Å². The molecule has 0 aliphatic carbocycles. The predicted molar refractivity (Wildman–Crippen MR) is 114 cm³/mol. The van der Waals surface area contributed by atoms with Crippen molar-refractivity contribution in [2.75, 3.05) is 7.11 Å². The van der Waals surface area contributed by atoms with Gasteiger partial charge in [-0.25, -0.2) is 22.8 Å². The molecule has 0 spiro atoms. The van der Waals surface area contributed by atoms with E-state index in [1.54, 1.807) is 31.4 Å². The molecule has 40 heavy (non-hydrogen) atoms. The molecule has 1 atom stereocenters. The molecule has 0 saturated heterocycles. The molecule has 21 nitrogen and oxygen atoms in total. The molecule has 11 N–H and O–H groups in total. The summed E-state index contributed by atoms with van der Waals surface area (Å²) < 4.78 is 119. The van der Waals surface area contributed by atoms with Crippen LogP contribution < -0.4 is 9.63 Å². The molecule has 0 aliphatic rings. The third-order valence-corrected chi connectivity index (χ3v) is 1.19. The lowest BCUT2D eigenvalue weighted by molar-refractivity contribution is -0.206. The number of ether oxygens (including phenoxy) is 1. The lowest BCUT2D eigenvalue weighted by Gasteiger charge is -1.97. The topological polar surface area (TPSA) is 385 Å². The van der Waals surface area contributed by atoms with Crippen molar-refractivity contribution in [2.45, 2.75) is 0 Å². The van der Waals surface area contributed by atoms with E-state index in [2.05, 4.69) is 4.98 Å². The summed E-state index contributed by atoms with van der Waals surface area (Å²) in [6.07, 6.45) is 0. The van der Waals surface area contributed by atoms with Gasteiger partial charge in [0.1, 0.15) is 5.75 Å². The maximum Gasteiger partial charge on any atom is 0.507 e. The van der Waals surface area contributed by atoms with E-state index in [4.69, 9.17) is 96.2 Å². The Balaban J connectivity index is -0.0000000866. The molecule has 0 saturated carbocycles. The fourth-order valence-corrected chi connectivity index (χ4v) is 0.649. The Kier molecular flexibility index (Phi) is 30.3. The Morgan fingerprint density at radius 3 is 0.850 bits per heavy atom. The fourth-order valence-electron chi connectivity index (χ4n) is 0.649. The van der Waals surface area contributed by atoms with Gasteiger partial charge < -0.3 is 14.5 Å². The summed E-state index contributed by atoms with van der Waals surface area (Å²) >= 11 is 0. The maximum absolute atomic E-state index is 10.4. The van der Waals surface area contributed by atoms with Crippen LogP contribution in [-0.4, -0.2) is 60.9 Å². The Labute approximate surface area is 217 Å². The summed E-state index contributed by atoms with van der Waals surface area (Å²) in [6, 6.07) is 6.79. The molecule has 0 heterocycles. The van der Waals surface area contributed by atoms with E-state index >= 15 is 0 Å². The molecule has 1 unspecified atom stereocenters. The van der Waals surface area contributed by atoms with Crippen molar-refractivity contribution < 1.29 is 116 Å². The van der Waals surface area contributed by atoms with Crippen molar-refractivity contribution in [1.82, 2.24) is 0 Å². The molecule has 1 rings (SSSR count). The van der Waals surface area contributed by atoms with Crippen molar-refractivity contribution >= 4 is 53.1 Å². The number of methoxy groups -OCH3 is 1. The number of halogens is 6. The van der Waals surface area contributed by atoms with Gasteiger partial charge in [0.05, 0.1) is 7.11 Å². The first-order chi connectivity index (χ1) is 16.9. The first kappa shape index (κ1) is 51.6. The van der Waals surface area contributed by atoms with Gasteiger partial charge in [-0.3, -0.25) is 53.5 Å². The maximum atomic E-state index is 10.4. The second-order valence-corrected chi connectivity index (χ2v) is 10.2. The average Bonchev–Trinajstić information content (AvgIpc) is 2.53. The minimum Gasteiger partial charge on any atom is -0.753 e. The van der Waals surface area contributed by atoms with Gasteiger partial charge in [-0.1, -0.05) is 0 Å². The average molecular weight is 734 g/mol. The number of diazo groups is 1. The molecule has 1 aromatic rings. The van der Waals surface area contributed by atoms with Crippen LogP contribution in [0.3, 0.4) is 0 Å². The van der Waals surface area contributed by atoms with E-state index < -0.39 is 47.4 Å². The van der Waals surface area contributed by atoms with E-state index in [0.29, 0.717) is 5.69 Å². The summed E-state index contributed by atoms with van der Waals surface area (Å²) in [6.45, 7) is 0. The van der Waals surface area contributed by atoms with Crippen LogP contribution in [0.4, 0.5) is 30.9 Å². The molecule has 0 aliphatic heterocycles. The summed E-state index contributed by atoms with van der Waals surface area (Å²) in [5.74, 6) is 0.757. The fraction of sp³-hybridized carbons (Fsp3) is 0.143. The normalized spacial score (nSPS) is 12.2. The van der Waals surface area contributed by atoms with Crippen LogP contribution in [0.25, 0.3) is 4.98 Å². The van der Waals surface area contributed by atoms with Crippen LogP contribution in [-0.2, 0) is 27.4 Å². The number of benzene rings is 1. The molecular formula is C7H18F6N2O19P6. The predicted octanol–water partition coefficient (Wildman–Crippen LogP) is 1.84. The standard InChI is InChI=1S/C7H7N2O.6FH2O3P/c1-10-7-4-2-6(9-8)3-5-7;6*1-5(2,3)4/h2-5H,1H3;6*(H2,2,3,4)/q+1;;;;;;/p-1. The molecule has 0 fully saturated rings. The van der Waals surface area contributed by atoms with Gasteiger partial charge in [-0.05, 0) is 12.1 Å². The van der Waals surface area contributed by atoms with Crippen LogP contribution in [0.5, 0.6) is 5.75 Å². The van der Waals surface area contributed by atoms with Gasteiger partial charge in [0.2, 0.25) is 5.39 Å². The highest BCUT2D eigenvalue weighted by molar-refractivity contribution is 7.46. The molecule has 1 aromatic carbocycles. The highest BCUT2D eigenvalue weighted by atomic mass is 31.2. The number of hydrogen-bond donors (Lipinski definition) is 11. The van der Waals surface area contributed by atoms with Gasteiger partial charge in [-0.15, -0.1) is 21.0 Å². The molecule has 0 amide bonds. The van der Waals surface area contributed by atoms with Crippen LogP contribution >= 0.6 is 47.4 Å². The highest BCUT2D eigenvalue weighted by Crippen LogP contribution is 2.36.